The highest BCUT2D eigenvalue weighted by molar-refractivity contribution is 5.89. The third-order valence-corrected chi connectivity index (χ3v) is 3.32. The van der Waals surface area contributed by atoms with E-state index in [1.807, 2.05) is 13.0 Å². The predicted molar refractivity (Wildman–Crippen MR) is 76.3 cm³/mol. The molecule has 2 heterocycles. The van der Waals surface area contributed by atoms with E-state index in [0.717, 1.165) is 31.0 Å². The van der Waals surface area contributed by atoms with Crippen molar-refractivity contribution in [3.8, 4) is 0 Å². The zero-order valence-corrected chi connectivity index (χ0v) is 11.5. The molecule has 0 radical (unpaired) electrons. The molecular formula is C14H22N4O. The number of carbonyl (C=O) groups excluding carboxylic acids is 1. The van der Waals surface area contributed by atoms with E-state index in [1.54, 1.807) is 12.3 Å². The van der Waals surface area contributed by atoms with Crippen LogP contribution in [0.3, 0.4) is 0 Å². The Morgan fingerprint density at radius 1 is 1.37 bits per heavy atom. The minimum Gasteiger partial charge on any atom is -0.337 e. The molecule has 0 bridgehead atoms. The average Bonchev–Trinajstić information content (AvgIpc) is 2.40. The molecule has 19 heavy (non-hydrogen) atoms. The minimum atomic E-state index is -0.150. The Kier molecular flexibility index (Phi) is 5.15. The van der Waals surface area contributed by atoms with Gasteiger partial charge in [-0.3, -0.25) is 4.98 Å². The maximum Gasteiger partial charge on any atom is 0.319 e. The largest absolute Gasteiger partial charge is 0.337 e. The Bertz CT molecular complexity index is 416. The van der Waals surface area contributed by atoms with E-state index in [0.29, 0.717) is 6.54 Å². The van der Waals surface area contributed by atoms with Crippen molar-refractivity contribution in [2.24, 2.45) is 0 Å². The maximum atomic E-state index is 11.7. The second kappa shape index (κ2) is 7.09. The smallest absolute Gasteiger partial charge is 0.319 e. The summed E-state index contributed by atoms with van der Waals surface area (Å²) in [7, 11) is 0. The fourth-order valence-corrected chi connectivity index (χ4v) is 2.31. The number of carbonyl (C=O) groups is 1. The maximum absolute atomic E-state index is 11.7. The zero-order valence-electron chi connectivity index (χ0n) is 11.5. The highest BCUT2D eigenvalue weighted by Crippen LogP contribution is 2.08. The molecule has 0 saturated carbocycles. The molecule has 0 aliphatic carbocycles. The van der Waals surface area contributed by atoms with Gasteiger partial charge in [0.1, 0.15) is 0 Å². The highest BCUT2D eigenvalue weighted by atomic mass is 16.2. The first kappa shape index (κ1) is 13.8. The monoisotopic (exact) mass is 262 g/mol. The van der Waals surface area contributed by atoms with Gasteiger partial charge in [-0.05, 0) is 45.0 Å². The van der Waals surface area contributed by atoms with E-state index in [1.165, 1.54) is 19.3 Å². The quantitative estimate of drug-likeness (QED) is 0.872. The molecule has 2 N–H and O–H groups in total. The number of amides is 2. The summed E-state index contributed by atoms with van der Waals surface area (Å²) in [5.41, 5.74) is 1.68. The predicted octanol–water partition coefficient (Wildman–Crippen LogP) is 2.00. The SMILES string of the molecule is Cc1cc(NC(=O)NCCN2CCCCC2)ccn1. The summed E-state index contributed by atoms with van der Waals surface area (Å²) >= 11 is 0. The van der Waals surface area contributed by atoms with Gasteiger partial charge in [-0.1, -0.05) is 6.42 Å². The van der Waals surface area contributed by atoms with Gasteiger partial charge >= 0.3 is 6.03 Å². The van der Waals surface area contributed by atoms with Crippen LogP contribution in [0.5, 0.6) is 0 Å². The van der Waals surface area contributed by atoms with Crippen LogP contribution < -0.4 is 10.6 Å². The van der Waals surface area contributed by atoms with Crippen LogP contribution in [0.1, 0.15) is 25.0 Å². The lowest BCUT2D eigenvalue weighted by Crippen LogP contribution is -2.39. The third-order valence-electron chi connectivity index (χ3n) is 3.32. The standard InChI is InChI=1S/C14H22N4O/c1-12-11-13(5-6-15-12)17-14(19)16-7-10-18-8-3-2-4-9-18/h5-6,11H,2-4,7-10H2,1H3,(H2,15,16,17,19). The van der Waals surface area contributed by atoms with Crippen molar-refractivity contribution in [1.82, 2.24) is 15.2 Å². The molecule has 1 saturated heterocycles. The summed E-state index contributed by atoms with van der Waals surface area (Å²) in [5, 5.41) is 5.70. The first-order valence-electron chi connectivity index (χ1n) is 6.94. The molecule has 0 spiro atoms. The molecule has 1 aromatic rings. The van der Waals surface area contributed by atoms with Gasteiger partial charge in [-0.15, -0.1) is 0 Å². The van der Waals surface area contributed by atoms with Crippen molar-refractivity contribution in [2.45, 2.75) is 26.2 Å². The van der Waals surface area contributed by atoms with E-state index < -0.39 is 0 Å². The van der Waals surface area contributed by atoms with Gasteiger partial charge in [-0.2, -0.15) is 0 Å². The van der Waals surface area contributed by atoms with E-state index in [4.69, 9.17) is 0 Å². The van der Waals surface area contributed by atoms with Crippen LogP contribution in [0, 0.1) is 6.92 Å². The van der Waals surface area contributed by atoms with Crippen molar-refractivity contribution in [2.75, 3.05) is 31.5 Å². The van der Waals surface area contributed by atoms with Gasteiger partial charge in [0, 0.05) is 30.7 Å². The summed E-state index contributed by atoms with van der Waals surface area (Å²) in [6.45, 7) is 5.85. The van der Waals surface area contributed by atoms with Crippen LogP contribution in [-0.4, -0.2) is 42.1 Å². The number of anilines is 1. The number of likely N-dealkylation sites (tertiary alicyclic amines) is 1. The number of hydrogen-bond acceptors (Lipinski definition) is 3. The van der Waals surface area contributed by atoms with E-state index in [2.05, 4.69) is 20.5 Å². The van der Waals surface area contributed by atoms with Crippen molar-refractivity contribution >= 4 is 11.7 Å². The molecule has 0 atom stereocenters. The number of aryl methyl sites for hydroxylation is 1. The molecule has 5 heteroatoms. The Morgan fingerprint density at radius 2 is 2.16 bits per heavy atom. The van der Waals surface area contributed by atoms with Gasteiger partial charge < -0.3 is 15.5 Å². The molecule has 1 aliphatic heterocycles. The van der Waals surface area contributed by atoms with Crippen LogP contribution in [0.25, 0.3) is 0 Å². The number of nitrogens with one attached hydrogen (secondary N) is 2. The minimum absolute atomic E-state index is 0.150. The van der Waals surface area contributed by atoms with Gasteiger partial charge in [0.25, 0.3) is 0 Å². The second-order valence-electron chi connectivity index (χ2n) is 4.97. The number of aromatic nitrogens is 1. The summed E-state index contributed by atoms with van der Waals surface area (Å²) < 4.78 is 0. The molecule has 1 aliphatic rings. The van der Waals surface area contributed by atoms with Gasteiger partial charge in [-0.25, -0.2) is 4.79 Å². The topological polar surface area (TPSA) is 57.3 Å². The Hall–Kier alpha value is -1.62. The summed E-state index contributed by atoms with van der Waals surface area (Å²) in [4.78, 5) is 18.2. The lowest BCUT2D eigenvalue weighted by molar-refractivity contribution is 0.224. The number of pyridine rings is 1. The van der Waals surface area contributed by atoms with Crippen LogP contribution >= 0.6 is 0 Å². The molecule has 0 unspecified atom stereocenters. The van der Waals surface area contributed by atoms with Gasteiger partial charge in [0.15, 0.2) is 0 Å². The average molecular weight is 262 g/mol. The zero-order chi connectivity index (χ0) is 13.5. The molecule has 1 fully saturated rings. The molecule has 0 aromatic carbocycles. The second-order valence-corrected chi connectivity index (χ2v) is 4.97. The number of urea groups is 1. The first-order valence-corrected chi connectivity index (χ1v) is 6.94. The summed E-state index contributed by atoms with van der Waals surface area (Å²) in [6, 6.07) is 3.49. The lowest BCUT2D eigenvalue weighted by atomic mass is 10.1. The molecular weight excluding hydrogens is 240 g/mol. The van der Waals surface area contributed by atoms with E-state index >= 15 is 0 Å². The van der Waals surface area contributed by atoms with Gasteiger partial charge in [0.2, 0.25) is 0 Å². The molecule has 104 valence electrons. The lowest BCUT2D eigenvalue weighted by Gasteiger charge is -2.26. The number of nitrogens with zero attached hydrogens (tertiary/aromatic N) is 2. The fourth-order valence-electron chi connectivity index (χ4n) is 2.31. The normalized spacial score (nSPS) is 16.1. The molecule has 2 rings (SSSR count). The van der Waals surface area contributed by atoms with Crippen molar-refractivity contribution in [1.29, 1.82) is 0 Å². The Balaban J connectivity index is 1.67. The highest BCUT2D eigenvalue weighted by Gasteiger charge is 2.09. The summed E-state index contributed by atoms with van der Waals surface area (Å²) in [5.74, 6) is 0. The van der Waals surface area contributed by atoms with Gasteiger partial charge in [0.05, 0.1) is 0 Å². The first-order chi connectivity index (χ1) is 9.24. The van der Waals surface area contributed by atoms with Crippen LogP contribution in [0.15, 0.2) is 18.3 Å². The van der Waals surface area contributed by atoms with Crippen LogP contribution in [0.4, 0.5) is 10.5 Å². The summed E-state index contributed by atoms with van der Waals surface area (Å²) in [6.07, 6.45) is 5.59. The third kappa shape index (κ3) is 4.87. The van der Waals surface area contributed by atoms with E-state index in [-0.39, 0.29) is 6.03 Å². The Morgan fingerprint density at radius 3 is 2.89 bits per heavy atom. The fraction of sp³-hybridized carbons (Fsp3) is 0.571. The van der Waals surface area contributed by atoms with Crippen molar-refractivity contribution in [3.05, 3.63) is 24.0 Å². The van der Waals surface area contributed by atoms with E-state index in [9.17, 15) is 4.79 Å². The van der Waals surface area contributed by atoms with Crippen LogP contribution in [0.2, 0.25) is 0 Å². The number of piperidine rings is 1. The number of hydrogen-bond donors (Lipinski definition) is 2. The molecule has 5 nitrogen and oxygen atoms in total. The molecule has 1 aromatic heterocycles. The van der Waals surface area contributed by atoms with Crippen LogP contribution in [-0.2, 0) is 0 Å². The number of rotatable bonds is 4. The van der Waals surface area contributed by atoms with Crippen molar-refractivity contribution < 1.29 is 4.79 Å². The molecule has 2 amide bonds. The Labute approximate surface area is 114 Å². The van der Waals surface area contributed by atoms with Crippen molar-refractivity contribution in [3.63, 3.8) is 0 Å².